The second-order valence-electron chi connectivity index (χ2n) is 8.17. The number of thiazole rings is 1. The molecule has 3 aromatic rings. The molecule has 9 heteroatoms. The average molecular weight is 470 g/mol. The van der Waals surface area contributed by atoms with Crippen LogP contribution in [0.15, 0.2) is 47.8 Å². The second-order valence-corrected chi connectivity index (χ2v) is 9.23. The number of hydrogen-bond acceptors (Lipinski definition) is 7. The van der Waals surface area contributed by atoms with Gasteiger partial charge in [-0.2, -0.15) is 0 Å². The lowest BCUT2D eigenvalue weighted by Gasteiger charge is -2.20. The third-order valence-electron chi connectivity index (χ3n) is 4.26. The summed E-state index contributed by atoms with van der Waals surface area (Å²) in [6.45, 7) is 7.64. The van der Waals surface area contributed by atoms with Crippen LogP contribution in [0.2, 0.25) is 0 Å². The zero-order valence-corrected chi connectivity index (χ0v) is 20.0. The van der Waals surface area contributed by atoms with Crippen molar-refractivity contribution in [1.29, 1.82) is 0 Å². The Morgan fingerprint density at radius 3 is 2.39 bits per heavy atom. The summed E-state index contributed by atoms with van der Waals surface area (Å²) >= 11 is 1.57. The van der Waals surface area contributed by atoms with Crippen LogP contribution < -0.4 is 20.1 Å². The quantitative estimate of drug-likeness (QED) is 0.465. The molecule has 0 bridgehead atoms. The molecule has 0 aliphatic carbocycles. The van der Waals surface area contributed by atoms with Crippen molar-refractivity contribution in [3.05, 3.63) is 64.1 Å². The first kappa shape index (κ1) is 24.1. The molecular weight excluding hydrogens is 442 g/mol. The molecule has 2 N–H and O–H groups in total. The van der Waals surface area contributed by atoms with E-state index in [-0.39, 0.29) is 5.91 Å². The molecule has 0 fully saturated rings. The van der Waals surface area contributed by atoms with E-state index < -0.39 is 11.7 Å². The van der Waals surface area contributed by atoms with Crippen molar-refractivity contribution in [2.75, 3.05) is 17.7 Å². The first-order valence-corrected chi connectivity index (χ1v) is 11.1. The topological polar surface area (TPSA) is 98.8 Å². The Morgan fingerprint density at radius 1 is 1.06 bits per heavy atom. The maximum atomic E-state index is 12.7. The summed E-state index contributed by atoms with van der Waals surface area (Å²) in [5.74, 6) is 0.784. The summed E-state index contributed by atoms with van der Waals surface area (Å²) in [6.07, 6.45) is -0.618. The minimum atomic E-state index is -0.641. The van der Waals surface area contributed by atoms with Crippen molar-refractivity contribution in [3.8, 4) is 11.5 Å². The van der Waals surface area contributed by atoms with E-state index >= 15 is 0 Å². The first-order valence-electron chi connectivity index (χ1n) is 10.3. The van der Waals surface area contributed by atoms with Crippen LogP contribution in [0, 0.1) is 6.92 Å². The number of ether oxygens (including phenoxy) is 3. The summed E-state index contributed by atoms with van der Waals surface area (Å²) in [7, 11) is 1.49. The van der Waals surface area contributed by atoms with Gasteiger partial charge in [0, 0.05) is 16.6 Å². The number of amides is 2. The molecular formula is C24H27N3O5S. The third kappa shape index (κ3) is 7.21. The molecule has 1 aromatic heterocycles. The first-order chi connectivity index (χ1) is 15.6. The van der Waals surface area contributed by atoms with Crippen LogP contribution in [0.4, 0.5) is 16.2 Å². The van der Waals surface area contributed by atoms with Gasteiger partial charge in [-0.1, -0.05) is 0 Å². The molecule has 0 atom stereocenters. The van der Waals surface area contributed by atoms with Crippen LogP contribution in [0.5, 0.6) is 11.5 Å². The van der Waals surface area contributed by atoms with E-state index in [1.807, 2.05) is 12.3 Å². The highest BCUT2D eigenvalue weighted by Gasteiger charge is 2.18. The molecule has 2 aromatic carbocycles. The zero-order valence-electron chi connectivity index (χ0n) is 19.2. The normalized spacial score (nSPS) is 10.9. The van der Waals surface area contributed by atoms with Crippen molar-refractivity contribution in [1.82, 2.24) is 4.98 Å². The number of methoxy groups -OCH3 is 1. The van der Waals surface area contributed by atoms with Gasteiger partial charge in [-0.3, -0.25) is 10.1 Å². The van der Waals surface area contributed by atoms with Gasteiger partial charge in [0.1, 0.15) is 23.7 Å². The number of nitrogens with zero attached hydrogens (tertiary/aromatic N) is 1. The maximum absolute atomic E-state index is 12.7. The van der Waals surface area contributed by atoms with Gasteiger partial charge < -0.3 is 19.5 Å². The van der Waals surface area contributed by atoms with Gasteiger partial charge in [0.25, 0.3) is 5.91 Å². The Balaban J connectivity index is 1.63. The molecule has 8 nitrogen and oxygen atoms in total. The van der Waals surface area contributed by atoms with E-state index in [1.165, 1.54) is 7.11 Å². The molecule has 0 saturated carbocycles. The molecule has 0 aliphatic heterocycles. The Morgan fingerprint density at radius 2 is 1.79 bits per heavy atom. The van der Waals surface area contributed by atoms with Crippen LogP contribution >= 0.6 is 11.3 Å². The lowest BCUT2D eigenvalue weighted by atomic mass is 10.2. The molecule has 174 valence electrons. The Hall–Kier alpha value is -3.59. The fourth-order valence-electron chi connectivity index (χ4n) is 2.83. The van der Waals surface area contributed by atoms with E-state index in [4.69, 9.17) is 14.2 Å². The molecule has 3 rings (SSSR count). The molecule has 0 saturated heterocycles. The largest absolute Gasteiger partial charge is 0.495 e. The molecule has 0 spiro atoms. The molecule has 0 unspecified atom stereocenters. The highest BCUT2D eigenvalue weighted by molar-refractivity contribution is 7.09. The summed E-state index contributed by atoms with van der Waals surface area (Å²) in [4.78, 5) is 29.2. The van der Waals surface area contributed by atoms with Crippen LogP contribution in [0.1, 0.15) is 41.8 Å². The van der Waals surface area contributed by atoms with Crippen molar-refractivity contribution in [2.45, 2.75) is 39.9 Å². The number of carbonyl (C=O) groups excluding carboxylic acids is 2. The zero-order chi connectivity index (χ0) is 24.0. The van der Waals surface area contributed by atoms with Gasteiger partial charge in [0.05, 0.1) is 23.5 Å². The third-order valence-corrected chi connectivity index (χ3v) is 5.09. The van der Waals surface area contributed by atoms with Gasteiger partial charge in [-0.25, -0.2) is 9.78 Å². The van der Waals surface area contributed by atoms with Crippen molar-refractivity contribution >= 4 is 34.7 Å². The summed E-state index contributed by atoms with van der Waals surface area (Å²) in [5.41, 5.74) is 1.56. The Labute approximate surface area is 196 Å². The number of anilines is 2. The second kappa shape index (κ2) is 10.4. The minimum Gasteiger partial charge on any atom is -0.495 e. The van der Waals surface area contributed by atoms with Crippen molar-refractivity contribution in [2.24, 2.45) is 0 Å². The van der Waals surface area contributed by atoms with Gasteiger partial charge in [-0.05, 0) is 70.2 Å². The number of nitrogens with one attached hydrogen (secondary N) is 2. The van der Waals surface area contributed by atoms with Crippen molar-refractivity contribution in [3.63, 3.8) is 0 Å². The lowest BCUT2D eigenvalue weighted by molar-refractivity contribution is 0.0635. The number of aromatic nitrogens is 1. The monoisotopic (exact) mass is 469 g/mol. The van der Waals surface area contributed by atoms with Crippen LogP contribution in [-0.2, 0) is 11.3 Å². The van der Waals surface area contributed by atoms with Crippen LogP contribution in [0.3, 0.4) is 0 Å². The minimum absolute atomic E-state index is 0.301. The van der Waals surface area contributed by atoms with E-state index in [2.05, 4.69) is 15.6 Å². The SMILES string of the molecule is COc1ccc(NC(=O)c2ccc(OCc3csc(C)n3)cc2)cc1NC(=O)OC(C)(C)C. The van der Waals surface area contributed by atoms with Gasteiger partial charge in [0.15, 0.2) is 0 Å². The number of aryl methyl sites for hydroxylation is 1. The highest BCUT2D eigenvalue weighted by atomic mass is 32.1. The standard InChI is InChI=1S/C24H27N3O5S/c1-15-25-18(14-33-15)13-31-19-9-6-16(7-10-19)22(28)26-17-8-11-21(30-5)20(12-17)27-23(29)32-24(2,3)4/h6-12,14H,13H2,1-5H3,(H,26,28)(H,27,29). The number of benzene rings is 2. The average Bonchev–Trinajstić information content (AvgIpc) is 3.16. The molecule has 0 radical (unpaired) electrons. The smallest absolute Gasteiger partial charge is 0.412 e. The van der Waals surface area contributed by atoms with E-state index in [0.717, 1.165) is 10.7 Å². The number of carbonyl (C=O) groups is 2. The van der Waals surface area contributed by atoms with Gasteiger partial charge in [-0.15, -0.1) is 11.3 Å². The maximum Gasteiger partial charge on any atom is 0.412 e. The Bertz CT molecular complexity index is 1120. The summed E-state index contributed by atoms with van der Waals surface area (Å²) in [5, 5.41) is 8.41. The molecule has 33 heavy (non-hydrogen) atoms. The molecule has 0 aliphatic rings. The van der Waals surface area contributed by atoms with Gasteiger partial charge in [0.2, 0.25) is 0 Å². The fourth-order valence-corrected chi connectivity index (χ4v) is 3.43. The summed E-state index contributed by atoms with van der Waals surface area (Å²) < 4.78 is 16.3. The predicted octanol–water partition coefficient (Wildman–Crippen LogP) is 5.64. The molecule has 1 heterocycles. The van der Waals surface area contributed by atoms with E-state index in [0.29, 0.717) is 35.0 Å². The fraction of sp³-hybridized carbons (Fsp3) is 0.292. The lowest BCUT2D eigenvalue weighted by Crippen LogP contribution is -2.27. The van der Waals surface area contributed by atoms with Crippen LogP contribution in [-0.4, -0.2) is 29.7 Å². The van der Waals surface area contributed by atoms with E-state index in [1.54, 1.807) is 74.6 Å². The predicted molar refractivity (Wildman–Crippen MR) is 128 cm³/mol. The Kier molecular flexibility index (Phi) is 7.55. The van der Waals surface area contributed by atoms with Crippen LogP contribution in [0.25, 0.3) is 0 Å². The molecule has 2 amide bonds. The van der Waals surface area contributed by atoms with E-state index in [9.17, 15) is 9.59 Å². The number of rotatable bonds is 7. The highest BCUT2D eigenvalue weighted by Crippen LogP contribution is 2.29. The van der Waals surface area contributed by atoms with Gasteiger partial charge >= 0.3 is 6.09 Å². The van der Waals surface area contributed by atoms with Crippen molar-refractivity contribution < 1.29 is 23.8 Å². The number of hydrogen-bond donors (Lipinski definition) is 2. The summed E-state index contributed by atoms with van der Waals surface area (Å²) in [6, 6.07) is 11.8.